The molecule has 1 amide bonds. The summed E-state index contributed by atoms with van der Waals surface area (Å²) >= 11 is 0. The molecule has 0 atom stereocenters. The van der Waals surface area contributed by atoms with Gasteiger partial charge < -0.3 is 19.8 Å². The Morgan fingerprint density at radius 3 is 2.71 bits per heavy atom. The minimum absolute atomic E-state index is 0.0651. The summed E-state index contributed by atoms with van der Waals surface area (Å²) in [7, 11) is 4.04. The van der Waals surface area contributed by atoms with E-state index in [1.54, 1.807) is 0 Å². The third kappa shape index (κ3) is 2.66. The minimum Gasteiger partial charge on any atom is -0.378 e. The molecule has 5 nitrogen and oxygen atoms in total. The van der Waals surface area contributed by atoms with Crippen LogP contribution in [0, 0.1) is 6.92 Å². The van der Waals surface area contributed by atoms with Crippen molar-refractivity contribution in [1.82, 2.24) is 14.9 Å². The van der Waals surface area contributed by atoms with E-state index in [0.29, 0.717) is 12.2 Å². The molecule has 2 N–H and O–H groups in total. The number of aromatic amines is 2. The van der Waals surface area contributed by atoms with Crippen molar-refractivity contribution in [2.45, 2.75) is 19.9 Å². The topological polar surface area (TPSA) is 55.1 Å². The second-order valence-corrected chi connectivity index (χ2v) is 7.96. The van der Waals surface area contributed by atoms with Gasteiger partial charge in [0.05, 0.1) is 0 Å². The van der Waals surface area contributed by atoms with Gasteiger partial charge in [-0.3, -0.25) is 4.79 Å². The maximum absolute atomic E-state index is 13.2. The quantitative estimate of drug-likeness (QED) is 0.553. The molecule has 1 aliphatic heterocycles. The molecule has 0 spiro atoms. The lowest BCUT2D eigenvalue weighted by Gasteiger charge is -2.27. The molecular weight excluding hydrogens is 348 g/mol. The van der Waals surface area contributed by atoms with Crippen molar-refractivity contribution in [3.8, 4) is 0 Å². The van der Waals surface area contributed by atoms with Crippen LogP contribution in [-0.2, 0) is 13.0 Å². The average molecular weight is 372 g/mol. The van der Waals surface area contributed by atoms with Crippen molar-refractivity contribution in [3.05, 3.63) is 65.0 Å². The molecule has 0 bridgehead atoms. The number of fused-ring (bicyclic) bond motifs is 4. The van der Waals surface area contributed by atoms with Gasteiger partial charge in [0.25, 0.3) is 5.91 Å². The maximum atomic E-state index is 13.2. The highest BCUT2D eigenvalue weighted by Gasteiger charge is 2.25. The molecule has 5 heteroatoms. The van der Waals surface area contributed by atoms with Crippen LogP contribution in [0.15, 0.2) is 42.5 Å². The van der Waals surface area contributed by atoms with E-state index < -0.39 is 0 Å². The van der Waals surface area contributed by atoms with Gasteiger partial charge in [-0.2, -0.15) is 0 Å². The standard InChI is InChI=1S/C23H24N4O/c1-14-4-7-19-17(10-14)18-13-27(9-8-20(18)24-19)23(28)22-11-15-5-6-16(26(2)3)12-21(15)25-22/h4-7,10-12,24-25H,8-9,13H2,1-3H3. The Hall–Kier alpha value is -3.21. The highest BCUT2D eigenvalue weighted by Crippen LogP contribution is 2.30. The van der Waals surface area contributed by atoms with Gasteiger partial charge >= 0.3 is 0 Å². The summed E-state index contributed by atoms with van der Waals surface area (Å²) in [5.74, 6) is 0.0651. The number of hydrogen-bond acceptors (Lipinski definition) is 2. The van der Waals surface area contributed by atoms with E-state index in [0.717, 1.165) is 35.1 Å². The van der Waals surface area contributed by atoms with E-state index in [1.165, 1.54) is 22.2 Å². The van der Waals surface area contributed by atoms with Crippen molar-refractivity contribution in [3.63, 3.8) is 0 Å². The van der Waals surface area contributed by atoms with Crippen LogP contribution >= 0.6 is 0 Å². The van der Waals surface area contributed by atoms with Crippen LogP contribution in [0.1, 0.15) is 27.3 Å². The van der Waals surface area contributed by atoms with Crippen LogP contribution in [0.5, 0.6) is 0 Å². The predicted molar refractivity (Wildman–Crippen MR) is 114 cm³/mol. The Morgan fingerprint density at radius 2 is 1.89 bits per heavy atom. The van der Waals surface area contributed by atoms with Crippen LogP contribution in [0.3, 0.4) is 0 Å². The first-order chi connectivity index (χ1) is 13.5. The lowest BCUT2D eigenvalue weighted by atomic mass is 10.0. The number of H-pyrrole nitrogens is 2. The number of hydrogen-bond donors (Lipinski definition) is 2. The smallest absolute Gasteiger partial charge is 0.270 e. The highest BCUT2D eigenvalue weighted by atomic mass is 16.2. The fraction of sp³-hybridized carbons (Fsp3) is 0.261. The number of anilines is 1. The van der Waals surface area contributed by atoms with Gasteiger partial charge in [-0.15, -0.1) is 0 Å². The van der Waals surface area contributed by atoms with E-state index in [-0.39, 0.29) is 5.91 Å². The number of aryl methyl sites for hydroxylation is 1. The molecule has 28 heavy (non-hydrogen) atoms. The van der Waals surface area contributed by atoms with Gasteiger partial charge in [0.1, 0.15) is 5.69 Å². The van der Waals surface area contributed by atoms with E-state index in [1.807, 2.05) is 25.1 Å². The lowest BCUT2D eigenvalue weighted by molar-refractivity contribution is 0.0730. The van der Waals surface area contributed by atoms with Crippen molar-refractivity contribution in [1.29, 1.82) is 0 Å². The van der Waals surface area contributed by atoms with Crippen molar-refractivity contribution >= 4 is 33.4 Å². The van der Waals surface area contributed by atoms with Gasteiger partial charge in [0.2, 0.25) is 0 Å². The van der Waals surface area contributed by atoms with E-state index >= 15 is 0 Å². The maximum Gasteiger partial charge on any atom is 0.270 e. The van der Waals surface area contributed by atoms with Crippen LogP contribution in [0.4, 0.5) is 5.69 Å². The molecular formula is C23H24N4O. The minimum atomic E-state index is 0.0651. The molecule has 0 radical (unpaired) electrons. The number of nitrogens with zero attached hydrogens (tertiary/aromatic N) is 2. The third-order valence-electron chi connectivity index (χ3n) is 5.77. The van der Waals surface area contributed by atoms with Crippen LogP contribution in [0.2, 0.25) is 0 Å². The van der Waals surface area contributed by atoms with Gasteiger partial charge in [-0.25, -0.2) is 0 Å². The Balaban J connectivity index is 1.47. The summed E-state index contributed by atoms with van der Waals surface area (Å²) in [4.78, 5) is 24.1. The predicted octanol–water partition coefficient (Wildman–Crippen LogP) is 4.22. The van der Waals surface area contributed by atoms with Gasteiger partial charge in [0.15, 0.2) is 0 Å². The molecule has 2 aromatic heterocycles. The number of rotatable bonds is 2. The molecule has 0 fully saturated rings. The zero-order valence-electron chi connectivity index (χ0n) is 16.5. The van der Waals surface area contributed by atoms with Gasteiger partial charge in [-0.1, -0.05) is 17.7 Å². The van der Waals surface area contributed by atoms with E-state index in [9.17, 15) is 4.79 Å². The Labute approximate surface area is 164 Å². The molecule has 3 heterocycles. The SMILES string of the molecule is Cc1ccc2[nH]c3c(c2c1)CN(C(=O)c1cc2ccc(N(C)C)cc2[nH]1)CC3. The third-order valence-corrected chi connectivity index (χ3v) is 5.77. The zero-order valence-corrected chi connectivity index (χ0v) is 16.5. The molecule has 0 saturated heterocycles. The Morgan fingerprint density at radius 1 is 1.04 bits per heavy atom. The Bertz CT molecular complexity index is 1210. The van der Waals surface area contributed by atoms with Crippen molar-refractivity contribution < 1.29 is 4.79 Å². The number of carbonyl (C=O) groups is 1. The van der Waals surface area contributed by atoms with Gasteiger partial charge in [-0.05, 0) is 37.3 Å². The van der Waals surface area contributed by atoms with Gasteiger partial charge in [0, 0.05) is 72.4 Å². The number of nitrogens with one attached hydrogen (secondary N) is 2. The van der Waals surface area contributed by atoms with Crippen LogP contribution < -0.4 is 4.90 Å². The summed E-state index contributed by atoms with van der Waals surface area (Å²) < 4.78 is 0. The molecule has 5 rings (SSSR count). The summed E-state index contributed by atoms with van der Waals surface area (Å²) in [5.41, 5.74) is 7.68. The number of amides is 1. The Kier molecular flexibility index (Phi) is 3.72. The molecule has 2 aromatic carbocycles. The first kappa shape index (κ1) is 16.9. The average Bonchev–Trinajstić information content (AvgIpc) is 3.27. The summed E-state index contributed by atoms with van der Waals surface area (Å²) in [6.45, 7) is 3.49. The van der Waals surface area contributed by atoms with Crippen molar-refractivity contribution in [2.75, 3.05) is 25.5 Å². The molecule has 1 aliphatic rings. The van der Waals surface area contributed by atoms with Crippen molar-refractivity contribution in [2.24, 2.45) is 0 Å². The lowest BCUT2D eigenvalue weighted by Crippen LogP contribution is -2.35. The van der Waals surface area contributed by atoms with E-state index in [4.69, 9.17) is 0 Å². The molecule has 4 aromatic rings. The second-order valence-electron chi connectivity index (χ2n) is 7.96. The first-order valence-corrected chi connectivity index (χ1v) is 9.69. The van der Waals surface area contributed by atoms with Crippen LogP contribution in [0.25, 0.3) is 21.8 Å². The molecule has 0 unspecified atom stereocenters. The summed E-state index contributed by atoms with van der Waals surface area (Å²) in [5, 5.41) is 2.30. The molecule has 0 aliphatic carbocycles. The number of benzene rings is 2. The fourth-order valence-corrected chi connectivity index (χ4v) is 4.18. The monoisotopic (exact) mass is 372 g/mol. The fourth-order valence-electron chi connectivity index (χ4n) is 4.18. The first-order valence-electron chi connectivity index (χ1n) is 9.69. The number of aromatic nitrogens is 2. The normalized spacial score (nSPS) is 13.9. The molecule has 142 valence electrons. The largest absolute Gasteiger partial charge is 0.378 e. The highest BCUT2D eigenvalue weighted by molar-refractivity contribution is 5.99. The molecule has 0 saturated carbocycles. The number of carbonyl (C=O) groups excluding carboxylic acids is 1. The summed E-state index contributed by atoms with van der Waals surface area (Å²) in [6.07, 6.45) is 0.861. The van der Waals surface area contributed by atoms with Crippen LogP contribution in [-0.4, -0.2) is 41.4 Å². The zero-order chi connectivity index (χ0) is 19.4. The summed E-state index contributed by atoms with van der Waals surface area (Å²) in [6, 6.07) is 14.7. The second kappa shape index (κ2) is 6.16. The van der Waals surface area contributed by atoms with E-state index in [2.05, 4.69) is 58.2 Å².